The van der Waals surface area contributed by atoms with Gasteiger partial charge in [-0.3, -0.25) is 4.79 Å². The Morgan fingerprint density at radius 1 is 1.11 bits per heavy atom. The molecule has 138 valence electrons. The van der Waals surface area contributed by atoms with Gasteiger partial charge in [0.05, 0.1) is 6.61 Å². The highest BCUT2D eigenvalue weighted by molar-refractivity contribution is 6.26. The third kappa shape index (κ3) is 3.87. The van der Waals surface area contributed by atoms with Crippen LogP contribution in [-0.4, -0.2) is 18.4 Å². The minimum absolute atomic E-state index is 0.0508. The molecule has 0 spiro atoms. The fourth-order valence-electron chi connectivity index (χ4n) is 2.44. The van der Waals surface area contributed by atoms with E-state index < -0.39 is 29.0 Å². The summed E-state index contributed by atoms with van der Waals surface area (Å²) < 4.78 is 38.1. The van der Waals surface area contributed by atoms with Gasteiger partial charge in [-0.05, 0) is 37.3 Å². The van der Waals surface area contributed by atoms with Gasteiger partial charge in [0.2, 0.25) is 11.7 Å². The molecule has 1 aliphatic rings. The Morgan fingerprint density at radius 3 is 2.41 bits per heavy atom. The molecule has 0 aliphatic carbocycles. The van der Waals surface area contributed by atoms with Crippen molar-refractivity contribution in [2.45, 2.75) is 6.92 Å². The van der Waals surface area contributed by atoms with Crippen LogP contribution in [0.25, 0.3) is 6.08 Å². The van der Waals surface area contributed by atoms with Crippen molar-refractivity contribution in [3.63, 3.8) is 0 Å². The lowest BCUT2D eigenvalue weighted by Gasteiger charge is -2.08. The van der Waals surface area contributed by atoms with E-state index in [4.69, 9.17) is 9.47 Å². The number of ketones is 1. The normalized spacial score (nSPS) is 15.1. The number of allylic oxidation sites excluding steroid dienone is 1. The second-order valence-corrected chi connectivity index (χ2v) is 5.49. The molecule has 1 N–H and O–H groups in total. The molecule has 0 bridgehead atoms. The first-order chi connectivity index (χ1) is 13.0. The monoisotopic (exact) mass is 371 g/mol. The molecule has 1 aliphatic heterocycles. The lowest BCUT2D eigenvalue weighted by atomic mass is 10.1. The smallest absolute Gasteiger partial charge is 0.347 e. The second-order valence-electron chi connectivity index (χ2n) is 5.49. The molecule has 3 rings (SSSR count). The predicted octanol–water partition coefficient (Wildman–Crippen LogP) is 3.79. The Morgan fingerprint density at radius 2 is 1.78 bits per heavy atom. The summed E-state index contributed by atoms with van der Waals surface area (Å²) in [6.45, 7) is 1.64. The van der Waals surface area contributed by atoms with Gasteiger partial charge in [-0.1, -0.05) is 24.3 Å². The first-order valence-electron chi connectivity index (χ1n) is 8.13. The fraction of sp³-hybridized carbons (Fsp3) is 0.100. The Balaban J connectivity index is 1.99. The molecule has 0 fully saturated rings. The number of Topliss-reactive ketones (excluding diaryl/α,β-unsaturated/α-hetero) is 1. The summed E-state index contributed by atoms with van der Waals surface area (Å²) in [5.74, 6) is -3.98. The van der Waals surface area contributed by atoms with Gasteiger partial charge >= 0.3 is 5.97 Å². The molecule has 7 heteroatoms. The van der Waals surface area contributed by atoms with Gasteiger partial charge in [0.1, 0.15) is 11.6 Å². The number of nitrogens with one attached hydrogen (secondary N) is 1. The molecular formula is C20H15F2NO4. The van der Waals surface area contributed by atoms with E-state index in [1.165, 1.54) is 6.07 Å². The molecule has 0 aromatic heterocycles. The van der Waals surface area contributed by atoms with Crippen molar-refractivity contribution in [1.82, 2.24) is 0 Å². The van der Waals surface area contributed by atoms with Crippen LogP contribution in [0.4, 0.5) is 14.5 Å². The first-order valence-corrected chi connectivity index (χ1v) is 8.13. The van der Waals surface area contributed by atoms with Crippen LogP contribution >= 0.6 is 0 Å². The number of carbonyl (C=O) groups excluding carboxylic acids is 2. The van der Waals surface area contributed by atoms with Gasteiger partial charge in [0, 0.05) is 11.3 Å². The Bertz CT molecular complexity index is 931. The summed E-state index contributed by atoms with van der Waals surface area (Å²) in [7, 11) is 0. The van der Waals surface area contributed by atoms with Crippen LogP contribution in [0.5, 0.6) is 0 Å². The van der Waals surface area contributed by atoms with Crippen molar-refractivity contribution in [2.24, 2.45) is 0 Å². The van der Waals surface area contributed by atoms with Gasteiger partial charge in [-0.25, -0.2) is 13.6 Å². The number of ether oxygens (including phenoxy) is 2. The number of hydrogen-bond donors (Lipinski definition) is 1. The zero-order chi connectivity index (χ0) is 19.4. The summed E-state index contributed by atoms with van der Waals surface area (Å²) in [5.41, 5.74) is -0.255. The topological polar surface area (TPSA) is 64.6 Å². The molecular weight excluding hydrogens is 356 g/mol. The Labute approximate surface area is 153 Å². The first kappa shape index (κ1) is 18.3. The van der Waals surface area contributed by atoms with Gasteiger partial charge in [-0.15, -0.1) is 0 Å². The van der Waals surface area contributed by atoms with Crippen LogP contribution in [0.3, 0.4) is 0 Å². The summed E-state index contributed by atoms with van der Waals surface area (Å²) in [6.07, 6.45) is 0.923. The Kier molecular flexibility index (Phi) is 5.30. The fourth-order valence-corrected chi connectivity index (χ4v) is 2.44. The van der Waals surface area contributed by atoms with E-state index in [-0.39, 0.29) is 23.8 Å². The third-order valence-electron chi connectivity index (χ3n) is 3.68. The average Bonchev–Trinajstić information content (AvgIpc) is 2.94. The van der Waals surface area contributed by atoms with E-state index in [1.54, 1.807) is 37.3 Å². The molecule has 27 heavy (non-hydrogen) atoms. The number of carbonyl (C=O) groups is 2. The van der Waals surface area contributed by atoms with E-state index in [1.807, 2.05) is 0 Å². The largest absolute Gasteiger partial charge is 0.462 e. The van der Waals surface area contributed by atoms with Crippen molar-refractivity contribution >= 4 is 23.5 Å². The maximum absolute atomic E-state index is 13.9. The van der Waals surface area contributed by atoms with Gasteiger partial charge < -0.3 is 14.8 Å². The van der Waals surface area contributed by atoms with Crippen molar-refractivity contribution in [2.75, 3.05) is 11.9 Å². The van der Waals surface area contributed by atoms with E-state index in [9.17, 15) is 18.4 Å². The zero-order valence-corrected chi connectivity index (χ0v) is 14.3. The molecule has 5 nitrogen and oxygen atoms in total. The average molecular weight is 371 g/mol. The van der Waals surface area contributed by atoms with Crippen LogP contribution in [0, 0.1) is 11.6 Å². The number of benzene rings is 2. The van der Waals surface area contributed by atoms with Crippen molar-refractivity contribution in [3.8, 4) is 0 Å². The number of anilines is 1. The summed E-state index contributed by atoms with van der Waals surface area (Å²) in [5, 5.41) is 2.81. The van der Waals surface area contributed by atoms with E-state index in [0.29, 0.717) is 5.69 Å². The molecule has 0 saturated heterocycles. The number of hydrogen-bond acceptors (Lipinski definition) is 5. The van der Waals surface area contributed by atoms with E-state index in [0.717, 1.165) is 18.2 Å². The highest BCUT2D eigenvalue weighted by Gasteiger charge is 2.37. The second kappa shape index (κ2) is 7.82. The van der Waals surface area contributed by atoms with Gasteiger partial charge in [0.15, 0.2) is 11.3 Å². The molecule has 0 unspecified atom stereocenters. The van der Waals surface area contributed by atoms with Crippen LogP contribution in [0.1, 0.15) is 12.5 Å². The lowest BCUT2D eigenvalue weighted by Crippen LogP contribution is -2.16. The molecule has 1 heterocycles. The number of para-hydroxylation sites is 1. The van der Waals surface area contributed by atoms with Crippen molar-refractivity contribution in [3.05, 3.63) is 82.9 Å². The summed E-state index contributed by atoms with van der Waals surface area (Å²) >= 11 is 0. The molecule has 0 atom stereocenters. The summed E-state index contributed by atoms with van der Waals surface area (Å²) in [6, 6.07) is 12.0. The third-order valence-corrected chi connectivity index (χ3v) is 3.68. The SMILES string of the molecule is CCOC(=O)C1=C(Nc2ccccc2)O/C(=C\c2c(F)cccc2F)C1=O. The maximum atomic E-state index is 13.9. The number of rotatable bonds is 5. The van der Waals surface area contributed by atoms with E-state index in [2.05, 4.69) is 5.32 Å². The zero-order valence-electron chi connectivity index (χ0n) is 14.3. The lowest BCUT2D eigenvalue weighted by molar-refractivity contribution is -0.139. The highest BCUT2D eigenvalue weighted by atomic mass is 19.1. The molecule has 2 aromatic carbocycles. The maximum Gasteiger partial charge on any atom is 0.347 e. The molecule has 2 aromatic rings. The summed E-state index contributed by atoms with van der Waals surface area (Å²) in [4.78, 5) is 24.8. The minimum Gasteiger partial charge on any atom is -0.462 e. The molecule has 0 amide bonds. The van der Waals surface area contributed by atoms with Crippen molar-refractivity contribution in [1.29, 1.82) is 0 Å². The van der Waals surface area contributed by atoms with E-state index >= 15 is 0 Å². The predicted molar refractivity (Wildman–Crippen MR) is 94.2 cm³/mol. The molecule has 0 radical (unpaired) electrons. The van der Waals surface area contributed by atoms with Gasteiger partial charge in [-0.2, -0.15) is 0 Å². The highest BCUT2D eigenvalue weighted by Crippen LogP contribution is 2.29. The van der Waals surface area contributed by atoms with Crippen LogP contribution in [-0.2, 0) is 19.1 Å². The van der Waals surface area contributed by atoms with Gasteiger partial charge in [0.25, 0.3) is 0 Å². The quantitative estimate of drug-likeness (QED) is 0.492. The number of halogens is 2. The minimum atomic E-state index is -0.890. The van der Waals surface area contributed by atoms with Crippen LogP contribution in [0.2, 0.25) is 0 Å². The van der Waals surface area contributed by atoms with Crippen LogP contribution in [0.15, 0.2) is 65.7 Å². The standard InChI is InChI=1S/C20H15F2NO4/c1-2-26-20(25)17-18(24)16(11-13-14(21)9-6-10-15(13)22)27-19(17)23-12-7-4-3-5-8-12/h3-11,23H,2H2,1H3/b16-11-. The molecule has 0 saturated carbocycles. The Hall–Kier alpha value is -3.48. The number of esters is 1. The van der Waals surface area contributed by atoms with Crippen molar-refractivity contribution < 1.29 is 27.8 Å². The van der Waals surface area contributed by atoms with Crippen LogP contribution < -0.4 is 5.32 Å².